The van der Waals surface area contributed by atoms with Crippen molar-refractivity contribution < 1.29 is 22.7 Å². The molecule has 0 fully saturated rings. The zero-order chi connectivity index (χ0) is 26.3. The third-order valence-electron chi connectivity index (χ3n) is 4.84. The van der Waals surface area contributed by atoms with Crippen LogP contribution in [0.5, 0.6) is 5.75 Å². The van der Waals surface area contributed by atoms with Gasteiger partial charge in [-0.25, -0.2) is 9.36 Å². The smallest absolute Gasteiger partial charge is 0.416 e. The number of nitrogens with one attached hydrogen (secondary N) is 2. The van der Waals surface area contributed by atoms with Crippen LogP contribution in [0.15, 0.2) is 91.6 Å². The van der Waals surface area contributed by atoms with Gasteiger partial charge in [0.2, 0.25) is 5.78 Å². The van der Waals surface area contributed by atoms with Gasteiger partial charge in [-0.05, 0) is 37.3 Å². The molecule has 2 heterocycles. The summed E-state index contributed by atoms with van der Waals surface area (Å²) in [5.74, 6) is -0.199. The van der Waals surface area contributed by atoms with E-state index in [1.807, 2.05) is 0 Å². The average molecular weight is 496 g/mol. The predicted octanol–water partition coefficient (Wildman–Crippen LogP) is 5.18. The number of benzene rings is 1. The minimum absolute atomic E-state index is 0.00550. The van der Waals surface area contributed by atoms with Crippen molar-refractivity contribution in [1.29, 1.82) is 5.41 Å². The molecule has 0 aliphatic heterocycles. The van der Waals surface area contributed by atoms with E-state index in [1.165, 1.54) is 38.6 Å². The molecule has 3 rings (SSSR count). The molecular weight excluding hydrogens is 473 g/mol. The normalized spacial score (nSPS) is 12.3. The molecule has 0 saturated heterocycles. The highest BCUT2D eigenvalue weighted by atomic mass is 19.4. The molecule has 186 valence electrons. The largest absolute Gasteiger partial charge is 0.494 e. The maximum absolute atomic E-state index is 13.2. The number of anilines is 1. The third-order valence-corrected chi connectivity index (χ3v) is 4.84. The molecule has 0 spiro atoms. The lowest BCUT2D eigenvalue weighted by Crippen LogP contribution is -2.17. The van der Waals surface area contributed by atoms with Gasteiger partial charge < -0.3 is 10.1 Å². The van der Waals surface area contributed by atoms with Crippen LogP contribution in [-0.4, -0.2) is 44.3 Å². The summed E-state index contributed by atoms with van der Waals surface area (Å²) in [7, 11) is 1.50. The molecule has 0 radical (unpaired) electrons. The third kappa shape index (κ3) is 6.06. The summed E-state index contributed by atoms with van der Waals surface area (Å²) < 4.78 is 47.7. The summed E-state index contributed by atoms with van der Waals surface area (Å²) >= 11 is 0. The van der Waals surface area contributed by atoms with Crippen LogP contribution in [-0.2, 0) is 4.79 Å². The molecular formula is C25H23F3N6O2. The lowest BCUT2D eigenvalue weighted by molar-refractivity contribution is -0.108. The van der Waals surface area contributed by atoms with Crippen LogP contribution in [0.25, 0.3) is 11.4 Å². The number of ether oxygens (including phenoxy) is 1. The van der Waals surface area contributed by atoms with Crippen molar-refractivity contribution >= 4 is 22.9 Å². The van der Waals surface area contributed by atoms with E-state index in [0.29, 0.717) is 11.4 Å². The Morgan fingerprint density at radius 3 is 2.61 bits per heavy atom. The monoisotopic (exact) mass is 496 g/mol. The maximum atomic E-state index is 13.2. The zero-order valence-electron chi connectivity index (χ0n) is 19.5. The fourth-order valence-corrected chi connectivity index (χ4v) is 3.15. The van der Waals surface area contributed by atoms with E-state index in [0.717, 1.165) is 28.6 Å². The van der Waals surface area contributed by atoms with Crippen LogP contribution in [0.3, 0.4) is 0 Å². The Labute approximate surface area is 205 Å². The summed E-state index contributed by atoms with van der Waals surface area (Å²) in [6.07, 6.45) is 5.51. The van der Waals surface area contributed by atoms with E-state index in [4.69, 9.17) is 10.1 Å². The summed E-state index contributed by atoms with van der Waals surface area (Å²) in [5, 5.41) is 19.2. The van der Waals surface area contributed by atoms with Crippen molar-refractivity contribution in [3.63, 3.8) is 0 Å². The van der Waals surface area contributed by atoms with E-state index in [2.05, 4.69) is 22.1 Å². The Hall–Kier alpha value is -4.67. The highest BCUT2D eigenvalue weighted by Crippen LogP contribution is 2.29. The molecule has 2 aromatic heterocycles. The molecule has 11 heteroatoms. The summed E-state index contributed by atoms with van der Waals surface area (Å²) in [6.45, 7) is 5.07. The number of halogens is 3. The van der Waals surface area contributed by atoms with E-state index < -0.39 is 23.2 Å². The number of alkyl halides is 3. The molecule has 36 heavy (non-hydrogen) atoms. The number of methoxy groups -OCH3 is 1. The number of rotatable bonds is 10. The molecule has 2 N–H and O–H groups in total. The van der Waals surface area contributed by atoms with Gasteiger partial charge in [0.25, 0.3) is 0 Å². The lowest BCUT2D eigenvalue weighted by Gasteiger charge is -2.11. The first-order valence-corrected chi connectivity index (χ1v) is 10.5. The number of hydrogen-bond acceptors (Lipinski definition) is 6. The van der Waals surface area contributed by atoms with Crippen LogP contribution < -0.4 is 10.1 Å². The van der Waals surface area contributed by atoms with Crippen molar-refractivity contribution in [2.45, 2.75) is 13.1 Å². The summed E-state index contributed by atoms with van der Waals surface area (Å²) in [4.78, 5) is 12.6. The van der Waals surface area contributed by atoms with Crippen molar-refractivity contribution in [1.82, 2.24) is 19.6 Å². The van der Waals surface area contributed by atoms with Crippen LogP contribution >= 0.6 is 0 Å². The van der Waals surface area contributed by atoms with Crippen LogP contribution in [0, 0.1) is 5.41 Å². The second-order valence-corrected chi connectivity index (χ2v) is 7.27. The molecule has 0 unspecified atom stereocenters. The van der Waals surface area contributed by atoms with E-state index in [-0.39, 0.29) is 11.4 Å². The fourth-order valence-electron chi connectivity index (χ4n) is 3.15. The summed E-state index contributed by atoms with van der Waals surface area (Å²) in [6, 6.07) is 8.44. The topological polar surface area (TPSA) is 97.8 Å². The second-order valence-electron chi connectivity index (χ2n) is 7.27. The number of allylic oxidation sites excluding steroid dienone is 6. The highest BCUT2D eigenvalue weighted by Gasteiger charge is 2.32. The quantitative estimate of drug-likeness (QED) is 0.229. The predicted molar refractivity (Wildman–Crippen MR) is 131 cm³/mol. The first-order chi connectivity index (χ1) is 17.2. The van der Waals surface area contributed by atoms with Crippen LogP contribution in [0.2, 0.25) is 0 Å². The van der Waals surface area contributed by atoms with Gasteiger partial charge in [0, 0.05) is 30.7 Å². The lowest BCUT2D eigenvalue weighted by atomic mass is 10.1. The van der Waals surface area contributed by atoms with Gasteiger partial charge in [0.1, 0.15) is 11.5 Å². The number of ketones is 1. The van der Waals surface area contributed by atoms with Gasteiger partial charge in [-0.15, -0.1) is 0 Å². The average Bonchev–Trinajstić information content (AvgIpc) is 3.55. The molecule has 1 aromatic carbocycles. The molecule has 0 atom stereocenters. The molecule has 0 saturated carbocycles. The van der Waals surface area contributed by atoms with E-state index >= 15 is 0 Å². The summed E-state index contributed by atoms with van der Waals surface area (Å²) in [5.41, 5.74) is -0.228. The van der Waals surface area contributed by atoms with Crippen LogP contribution in [0.1, 0.15) is 12.6 Å². The molecule has 3 aromatic rings. The molecule has 8 nitrogen and oxygen atoms in total. The van der Waals surface area contributed by atoms with Crippen molar-refractivity contribution in [3.8, 4) is 11.4 Å². The Kier molecular flexibility index (Phi) is 8.05. The van der Waals surface area contributed by atoms with Crippen LogP contribution in [0.4, 0.5) is 18.9 Å². The fraction of sp³-hybridized carbons (Fsp3) is 0.120. The van der Waals surface area contributed by atoms with E-state index in [1.54, 1.807) is 41.3 Å². The van der Waals surface area contributed by atoms with Crippen molar-refractivity contribution in [2.75, 3.05) is 12.4 Å². The number of carbonyl (C=O) groups excluding carboxylic acids is 1. The second kappa shape index (κ2) is 11.2. The van der Waals surface area contributed by atoms with Crippen molar-refractivity contribution in [2.24, 2.45) is 0 Å². The minimum atomic E-state index is -4.60. The standard InChI is InChI=1S/C25H23F3N6O2/c1-4-6-18(25(26,27)28)15-17(2)34-21(9-13-32-34)24(29)22(35)10-12-30-20-8-7-19(16-23(20)36-3)33-14-5-11-31-33/h4-16,29-30H,2H2,1,3H3/b6-4-,12-10-,18-15+,29-24?. The van der Waals surface area contributed by atoms with Gasteiger partial charge in [-0.1, -0.05) is 18.7 Å². The van der Waals surface area contributed by atoms with Gasteiger partial charge in [-0.2, -0.15) is 23.4 Å². The number of aromatic nitrogens is 4. The molecule has 0 bridgehead atoms. The zero-order valence-corrected chi connectivity index (χ0v) is 19.5. The molecule has 0 aliphatic rings. The minimum Gasteiger partial charge on any atom is -0.494 e. The molecule has 0 aliphatic carbocycles. The van der Waals surface area contributed by atoms with Gasteiger partial charge >= 0.3 is 6.18 Å². The number of nitrogens with zero attached hydrogens (tertiary/aromatic N) is 4. The number of carbonyl (C=O) groups is 1. The Balaban J connectivity index is 1.74. The first-order valence-electron chi connectivity index (χ1n) is 10.5. The van der Waals surface area contributed by atoms with Crippen molar-refractivity contribution in [3.05, 3.63) is 97.3 Å². The first kappa shape index (κ1) is 25.9. The Morgan fingerprint density at radius 2 is 1.97 bits per heavy atom. The SMILES string of the molecule is C=C(/C=C(\C=C/C)C(F)(F)F)n1nccc1C(=N)C(=O)/C=C\Nc1ccc(-n2cccn2)cc1OC. The van der Waals surface area contributed by atoms with Gasteiger partial charge in [0.15, 0.2) is 0 Å². The molecule has 0 amide bonds. The van der Waals surface area contributed by atoms with E-state index in [9.17, 15) is 18.0 Å². The van der Waals surface area contributed by atoms with Gasteiger partial charge in [-0.3, -0.25) is 10.2 Å². The Bertz CT molecular complexity index is 1350. The Morgan fingerprint density at radius 1 is 1.19 bits per heavy atom. The highest BCUT2D eigenvalue weighted by molar-refractivity contribution is 6.48. The van der Waals surface area contributed by atoms with Gasteiger partial charge in [0.05, 0.1) is 41.6 Å². The maximum Gasteiger partial charge on any atom is 0.416 e. The number of hydrogen-bond donors (Lipinski definition) is 2.